The first-order valence-electron chi connectivity index (χ1n) is 6.82. The first-order chi connectivity index (χ1) is 11.0. The molecule has 0 bridgehead atoms. The third-order valence-corrected chi connectivity index (χ3v) is 3.45. The Labute approximate surface area is 129 Å². The van der Waals surface area contributed by atoms with E-state index in [1.165, 1.54) is 18.2 Å². The minimum atomic E-state index is -0.940. The van der Waals surface area contributed by atoms with Crippen LogP contribution in [0.4, 0.5) is 5.69 Å². The lowest BCUT2D eigenvalue weighted by Crippen LogP contribution is -2.33. The topological polar surface area (TPSA) is 104 Å². The van der Waals surface area contributed by atoms with Crippen molar-refractivity contribution in [2.75, 3.05) is 5.32 Å². The van der Waals surface area contributed by atoms with Gasteiger partial charge >= 0.3 is 5.69 Å². The van der Waals surface area contributed by atoms with Crippen LogP contribution in [0.5, 0.6) is 0 Å². The zero-order chi connectivity index (χ0) is 16.6. The molecule has 0 aliphatic heterocycles. The summed E-state index contributed by atoms with van der Waals surface area (Å²) >= 11 is 0. The highest BCUT2D eigenvalue weighted by Crippen LogP contribution is 2.15. The lowest BCUT2D eigenvalue weighted by Gasteiger charge is -2.07. The molecular weight excluding hydrogens is 298 g/mol. The first-order valence-corrected chi connectivity index (χ1v) is 6.82. The number of benzene rings is 2. The second kappa shape index (κ2) is 5.45. The summed E-state index contributed by atoms with van der Waals surface area (Å²) in [7, 11) is 0. The van der Waals surface area contributed by atoms with Crippen LogP contribution in [-0.4, -0.2) is 20.8 Å². The number of hydrogen-bond acceptors (Lipinski definition) is 4. The molecule has 0 saturated heterocycles. The van der Waals surface area contributed by atoms with Gasteiger partial charge in [-0.3, -0.25) is 9.59 Å². The number of aromatic nitrogens is 2. The first kappa shape index (κ1) is 14.6. The number of aromatic amines is 1. The van der Waals surface area contributed by atoms with Gasteiger partial charge in [0.2, 0.25) is 0 Å². The monoisotopic (exact) mass is 311 g/mol. The van der Waals surface area contributed by atoms with E-state index in [1.54, 1.807) is 12.1 Å². The fourth-order valence-corrected chi connectivity index (χ4v) is 2.19. The van der Waals surface area contributed by atoms with E-state index < -0.39 is 11.2 Å². The molecule has 0 radical (unpaired) electrons. The lowest BCUT2D eigenvalue weighted by molar-refractivity contribution is 0.102. The van der Waals surface area contributed by atoms with Crippen LogP contribution in [0.15, 0.2) is 52.1 Å². The van der Waals surface area contributed by atoms with Crippen molar-refractivity contribution in [3.63, 3.8) is 0 Å². The van der Waals surface area contributed by atoms with Crippen molar-refractivity contribution in [1.82, 2.24) is 9.71 Å². The Hall–Kier alpha value is -3.35. The smallest absolute Gasteiger partial charge is 0.362 e. The van der Waals surface area contributed by atoms with Crippen LogP contribution in [-0.2, 0) is 0 Å². The third kappa shape index (κ3) is 2.71. The van der Waals surface area contributed by atoms with Gasteiger partial charge in [0.15, 0.2) is 0 Å². The van der Waals surface area contributed by atoms with Crippen LogP contribution >= 0.6 is 0 Å². The SMILES string of the molecule is Cc1ccc(C(=O)Nc2ccc3c(=O)n(O)c(=O)[nH]c3c2)cc1. The molecule has 0 atom stereocenters. The molecule has 23 heavy (non-hydrogen) atoms. The van der Waals surface area contributed by atoms with E-state index in [2.05, 4.69) is 10.3 Å². The summed E-state index contributed by atoms with van der Waals surface area (Å²) in [6, 6.07) is 11.5. The molecule has 0 unspecified atom stereocenters. The molecule has 2 aromatic carbocycles. The van der Waals surface area contributed by atoms with Crippen molar-refractivity contribution in [1.29, 1.82) is 0 Å². The van der Waals surface area contributed by atoms with E-state index >= 15 is 0 Å². The third-order valence-electron chi connectivity index (χ3n) is 3.45. The highest BCUT2D eigenvalue weighted by atomic mass is 16.5. The van der Waals surface area contributed by atoms with Crippen molar-refractivity contribution < 1.29 is 10.0 Å². The fraction of sp³-hybridized carbons (Fsp3) is 0.0625. The Bertz CT molecular complexity index is 1020. The van der Waals surface area contributed by atoms with Crippen molar-refractivity contribution in [2.45, 2.75) is 6.92 Å². The van der Waals surface area contributed by atoms with Crippen molar-refractivity contribution in [2.24, 2.45) is 0 Å². The van der Waals surface area contributed by atoms with Crippen LogP contribution in [0.25, 0.3) is 10.9 Å². The molecule has 3 rings (SSSR count). The molecule has 116 valence electrons. The van der Waals surface area contributed by atoms with Gasteiger partial charge in [-0.1, -0.05) is 22.4 Å². The van der Waals surface area contributed by atoms with Crippen molar-refractivity contribution in [3.8, 4) is 0 Å². The summed E-state index contributed by atoms with van der Waals surface area (Å²) in [5.74, 6) is -0.304. The molecule has 1 amide bonds. The Balaban J connectivity index is 1.96. The molecule has 0 spiro atoms. The number of H-pyrrole nitrogens is 1. The number of nitrogens with one attached hydrogen (secondary N) is 2. The van der Waals surface area contributed by atoms with Crippen molar-refractivity contribution in [3.05, 3.63) is 74.4 Å². The molecule has 0 aliphatic carbocycles. The zero-order valence-corrected chi connectivity index (χ0v) is 12.2. The molecule has 1 aromatic heterocycles. The van der Waals surface area contributed by atoms with Gasteiger partial charge in [0.25, 0.3) is 11.5 Å². The largest absolute Gasteiger partial charge is 0.421 e. The van der Waals surface area contributed by atoms with Gasteiger partial charge in [-0.25, -0.2) is 4.79 Å². The van der Waals surface area contributed by atoms with E-state index in [4.69, 9.17) is 0 Å². The highest BCUT2D eigenvalue weighted by molar-refractivity contribution is 6.05. The lowest BCUT2D eigenvalue weighted by atomic mass is 10.1. The van der Waals surface area contributed by atoms with Crippen molar-refractivity contribution >= 4 is 22.5 Å². The number of rotatable bonds is 2. The Morgan fingerprint density at radius 1 is 1.13 bits per heavy atom. The van der Waals surface area contributed by atoms with Crippen LogP contribution in [0, 0.1) is 6.92 Å². The average Bonchev–Trinajstić information content (AvgIpc) is 2.53. The average molecular weight is 311 g/mol. The maximum atomic E-state index is 12.2. The van der Waals surface area contributed by atoms with Crippen LogP contribution in [0.1, 0.15) is 15.9 Å². The summed E-state index contributed by atoms with van der Waals surface area (Å²) in [6.45, 7) is 1.93. The molecular formula is C16H13N3O4. The van der Waals surface area contributed by atoms with Crippen LogP contribution in [0.2, 0.25) is 0 Å². The van der Waals surface area contributed by atoms with E-state index in [1.807, 2.05) is 19.1 Å². The normalized spacial score (nSPS) is 10.7. The Kier molecular flexibility index (Phi) is 3.46. The molecule has 7 heteroatoms. The maximum absolute atomic E-state index is 12.2. The number of amides is 1. The molecule has 0 saturated carbocycles. The van der Waals surface area contributed by atoms with Gasteiger partial charge < -0.3 is 15.5 Å². The number of carbonyl (C=O) groups is 1. The number of aryl methyl sites for hydroxylation is 1. The second-order valence-electron chi connectivity index (χ2n) is 5.13. The second-order valence-corrected chi connectivity index (χ2v) is 5.13. The maximum Gasteiger partial charge on any atom is 0.362 e. The Morgan fingerprint density at radius 3 is 2.52 bits per heavy atom. The van der Waals surface area contributed by atoms with Gasteiger partial charge in [-0.15, -0.1) is 0 Å². The molecule has 7 nitrogen and oxygen atoms in total. The number of nitrogens with zero attached hydrogens (tertiary/aromatic N) is 1. The molecule has 0 fully saturated rings. The Morgan fingerprint density at radius 2 is 1.83 bits per heavy atom. The van der Waals surface area contributed by atoms with E-state index in [9.17, 15) is 19.6 Å². The number of anilines is 1. The predicted octanol–water partition coefficient (Wildman–Crippen LogP) is 1.49. The molecule has 3 N–H and O–H groups in total. The summed E-state index contributed by atoms with van der Waals surface area (Å²) in [5.41, 5.74) is 0.436. The van der Waals surface area contributed by atoms with Gasteiger partial charge in [0.05, 0.1) is 10.9 Å². The molecule has 3 aromatic rings. The van der Waals surface area contributed by atoms with Gasteiger partial charge in [-0.05, 0) is 37.3 Å². The predicted molar refractivity (Wildman–Crippen MR) is 85.1 cm³/mol. The molecule has 0 aliphatic rings. The summed E-state index contributed by atoms with van der Waals surface area (Å²) in [6.07, 6.45) is 0. The highest BCUT2D eigenvalue weighted by Gasteiger charge is 2.09. The number of carbonyl (C=O) groups excluding carboxylic acids is 1. The number of hydrogen-bond donors (Lipinski definition) is 3. The fourth-order valence-electron chi connectivity index (χ4n) is 2.19. The van der Waals surface area contributed by atoms with E-state index in [0.29, 0.717) is 11.3 Å². The van der Waals surface area contributed by atoms with Crippen LogP contribution < -0.4 is 16.6 Å². The minimum absolute atomic E-state index is 0.00684. The van der Waals surface area contributed by atoms with Gasteiger partial charge in [0.1, 0.15) is 0 Å². The summed E-state index contributed by atoms with van der Waals surface area (Å²) in [4.78, 5) is 37.7. The number of fused-ring (bicyclic) bond motifs is 1. The summed E-state index contributed by atoms with van der Waals surface area (Å²) in [5, 5.41) is 12.1. The van der Waals surface area contributed by atoms with E-state index in [0.717, 1.165) is 5.56 Å². The van der Waals surface area contributed by atoms with Gasteiger partial charge in [0, 0.05) is 11.3 Å². The van der Waals surface area contributed by atoms with Crippen LogP contribution in [0.3, 0.4) is 0 Å². The quantitative estimate of drug-likeness (QED) is 0.624. The van der Waals surface area contributed by atoms with E-state index in [-0.39, 0.29) is 21.5 Å². The molecule has 1 heterocycles. The van der Waals surface area contributed by atoms with Gasteiger partial charge in [-0.2, -0.15) is 0 Å². The summed E-state index contributed by atoms with van der Waals surface area (Å²) < 4.78 is 0.00684. The minimum Gasteiger partial charge on any atom is -0.421 e. The standard InChI is InChI=1S/C16H13N3O4/c1-9-2-4-10(5-3-9)14(20)17-11-6-7-12-13(8-11)18-16(22)19(23)15(12)21/h2-8,23H,1H3,(H,17,20)(H,18,22). The zero-order valence-electron chi connectivity index (χ0n) is 12.2.